The largest absolute Gasteiger partial charge is 0.493 e. The van der Waals surface area contributed by atoms with Gasteiger partial charge in [0.15, 0.2) is 23.1 Å². The van der Waals surface area contributed by atoms with Crippen LogP contribution in [0.4, 0.5) is 21.7 Å². The smallest absolute Gasteiger partial charge is 0.262 e. The van der Waals surface area contributed by atoms with Crippen molar-refractivity contribution in [2.45, 2.75) is 53.4 Å². The van der Waals surface area contributed by atoms with Crippen molar-refractivity contribution in [1.29, 1.82) is 0 Å². The number of likely N-dealkylation sites (tertiary alicyclic amines) is 1. The number of methoxy groups -OCH3 is 1. The lowest BCUT2D eigenvalue weighted by atomic mass is 10.1. The van der Waals surface area contributed by atoms with Crippen LogP contribution in [0.3, 0.4) is 0 Å². The van der Waals surface area contributed by atoms with Crippen molar-refractivity contribution in [1.82, 2.24) is 19.8 Å². The number of nitrogens with one attached hydrogen (secondary N) is 2. The molecule has 12 heteroatoms. The summed E-state index contributed by atoms with van der Waals surface area (Å²) in [6.45, 7) is 12.5. The van der Waals surface area contributed by atoms with E-state index in [2.05, 4.69) is 25.5 Å². The minimum atomic E-state index is -0.522. The van der Waals surface area contributed by atoms with Crippen LogP contribution in [-0.2, 0) is 4.79 Å². The highest BCUT2D eigenvalue weighted by molar-refractivity contribution is 6.06. The van der Waals surface area contributed by atoms with Crippen LogP contribution in [0.5, 0.6) is 23.1 Å². The first-order valence-corrected chi connectivity index (χ1v) is 18.2. The molecule has 3 aromatic carbocycles. The van der Waals surface area contributed by atoms with E-state index in [0.29, 0.717) is 42.4 Å². The van der Waals surface area contributed by atoms with Crippen LogP contribution in [0.15, 0.2) is 66.9 Å². The number of aryl methyl sites for hydroxylation is 2. The first-order valence-electron chi connectivity index (χ1n) is 18.2. The molecule has 280 valence electrons. The molecule has 0 atom stereocenters. The number of rotatable bonds is 16. The van der Waals surface area contributed by atoms with Gasteiger partial charge in [-0.15, -0.1) is 0 Å². The van der Waals surface area contributed by atoms with E-state index in [-0.39, 0.29) is 34.8 Å². The maximum Gasteiger partial charge on any atom is 0.262 e. The van der Waals surface area contributed by atoms with Crippen LogP contribution in [0.25, 0.3) is 6.08 Å². The fraction of sp³-hybridized carbons (Fsp3) is 0.366. The van der Waals surface area contributed by atoms with Crippen molar-refractivity contribution in [2.24, 2.45) is 0 Å². The van der Waals surface area contributed by atoms with Crippen molar-refractivity contribution in [3.63, 3.8) is 0 Å². The summed E-state index contributed by atoms with van der Waals surface area (Å²) in [6.07, 6.45) is 9.13. The second-order valence-corrected chi connectivity index (χ2v) is 12.9. The van der Waals surface area contributed by atoms with Crippen LogP contribution < -0.4 is 24.8 Å². The lowest BCUT2D eigenvalue weighted by Gasteiger charge is -2.26. The Labute approximate surface area is 311 Å². The number of carbonyl (C=O) groups excluding carboxylic acids is 2. The summed E-state index contributed by atoms with van der Waals surface area (Å²) >= 11 is 0. The number of hydrogen-bond acceptors (Lipinski definition) is 9. The van der Waals surface area contributed by atoms with Gasteiger partial charge in [-0.2, -0.15) is 4.98 Å². The molecule has 0 radical (unpaired) electrons. The number of para-hydroxylation sites is 1. The zero-order chi connectivity index (χ0) is 37.7. The number of halogens is 1. The molecule has 4 aromatic rings. The number of ether oxygens (including phenoxy) is 3. The van der Waals surface area contributed by atoms with E-state index in [0.717, 1.165) is 37.2 Å². The SMILES string of the molecule is CCN(CC)C(=O)/C=C/c1ccc(Oc2nc(Nc3ccc(OCCCN4CCCCC4)c(F)c3)ncc2C(=O)Nc2c(C)cccc2C)c(OC)c1. The number of nitrogens with zero attached hydrogens (tertiary/aromatic N) is 4. The molecule has 0 bridgehead atoms. The number of hydrogen-bond donors (Lipinski definition) is 2. The predicted octanol–water partition coefficient (Wildman–Crippen LogP) is 8.17. The summed E-state index contributed by atoms with van der Waals surface area (Å²) < 4.78 is 32.7. The van der Waals surface area contributed by atoms with Crippen LogP contribution in [-0.4, -0.2) is 78.0 Å². The molecular formula is C41H49FN6O5. The first kappa shape index (κ1) is 38.7. The molecule has 0 unspecified atom stereocenters. The number of anilines is 3. The zero-order valence-electron chi connectivity index (χ0n) is 31.2. The topological polar surface area (TPSA) is 118 Å². The monoisotopic (exact) mass is 724 g/mol. The molecule has 2 amide bonds. The van der Waals surface area contributed by atoms with Gasteiger partial charge in [0, 0.05) is 49.3 Å². The summed E-state index contributed by atoms with van der Waals surface area (Å²) in [4.78, 5) is 39.3. The highest BCUT2D eigenvalue weighted by Gasteiger charge is 2.21. The van der Waals surface area contributed by atoms with Crippen molar-refractivity contribution in [3.05, 3.63) is 94.9 Å². The van der Waals surface area contributed by atoms with E-state index in [9.17, 15) is 9.59 Å². The molecule has 1 aliphatic rings. The summed E-state index contributed by atoms with van der Waals surface area (Å²) in [6, 6.07) is 15.4. The Bertz CT molecular complexity index is 1890. The van der Waals surface area contributed by atoms with Crippen molar-refractivity contribution >= 4 is 35.2 Å². The Hall–Kier alpha value is -5.49. The van der Waals surface area contributed by atoms with Crippen molar-refractivity contribution < 1.29 is 28.2 Å². The second-order valence-electron chi connectivity index (χ2n) is 12.9. The van der Waals surface area contributed by atoms with E-state index in [4.69, 9.17) is 14.2 Å². The molecule has 1 fully saturated rings. The van der Waals surface area contributed by atoms with Crippen LogP contribution in [0, 0.1) is 19.7 Å². The Morgan fingerprint density at radius 3 is 2.40 bits per heavy atom. The van der Waals surface area contributed by atoms with Crippen LogP contribution in [0.1, 0.15) is 66.6 Å². The lowest BCUT2D eigenvalue weighted by Crippen LogP contribution is -2.31. The molecule has 1 aliphatic heterocycles. The standard InChI is InChI=1S/C41H49FN6O5/c1-6-48(7-2)37(49)20-16-30-15-18-35(36(25-30)51-5)53-40-32(39(50)45-38-28(3)13-11-14-29(38)4)27-43-41(46-40)44-31-17-19-34(33(42)26-31)52-24-12-23-47-21-9-8-10-22-47/h11,13-20,25-27H,6-10,12,21-24H2,1-5H3,(H,45,50)(H,43,44,46)/b20-16+. The zero-order valence-corrected chi connectivity index (χ0v) is 31.2. The van der Waals surface area contributed by atoms with Gasteiger partial charge >= 0.3 is 0 Å². The fourth-order valence-electron chi connectivity index (χ4n) is 6.12. The highest BCUT2D eigenvalue weighted by Crippen LogP contribution is 2.35. The molecule has 53 heavy (non-hydrogen) atoms. The van der Waals surface area contributed by atoms with Gasteiger partial charge in [0.05, 0.1) is 13.7 Å². The minimum absolute atomic E-state index is 0.0568. The van der Waals surface area contributed by atoms with E-state index >= 15 is 4.39 Å². The molecule has 2 heterocycles. The molecule has 0 spiro atoms. The molecule has 0 aliphatic carbocycles. The number of amides is 2. The maximum absolute atomic E-state index is 15.1. The van der Waals surface area contributed by atoms with Gasteiger partial charge in [0.2, 0.25) is 17.7 Å². The van der Waals surface area contributed by atoms with Crippen LogP contribution >= 0.6 is 0 Å². The molecular weight excluding hydrogens is 675 g/mol. The van der Waals surface area contributed by atoms with E-state index < -0.39 is 11.7 Å². The Morgan fingerprint density at radius 1 is 0.962 bits per heavy atom. The number of benzene rings is 3. The van der Waals surface area contributed by atoms with Gasteiger partial charge in [-0.25, -0.2) is 9.37 Å². The quantitative estimate of drug-likeness (QED) is 0.0872. The van der Waals surface area contributed by atoms with Gasteiger partial charge in [-0.1, -0.05) is 30.7 Å². The third-order valence-corrected chi connectivity index (χ3v) is 9.12. The maximum atomic E-state index is 15.1. The van der Waals surface area contributed by atoms with E-state index in [1.54, 1.807) is 41.3 Å². The molecule has 1 aromatic heterocycles. The number of aromatic nitrogens is 2. The summed E-state index contributed by atoms with van der Waals surface area (Å²) in [5.74, 6) is -0.286. The summed E-state index contributed by atoms with van der Waals surface area (Å²) in [5, 5.41) is 5.98. The van der Waals surface area contributed by atoms with Crippen molar-refractivity contribution in [2.75, 3.05) is 57.1 Å². The molecule has 1 saturated heterocycles. The first-order chi connectivity index (χ1) is 25.7. The number of piperidine rings is 1. The predicted molar refractivity (Wildman–Crippen MR) is 206 cm³/mol. The normalized spacial score (nSPS) is 13.1. The van der Waals surface area contributed by atoms with Gasteiger partial charge in [-0.05, 0) is 107 Å². The van der Waals surface area contributed by atoms with E-state index in [1.807, 2.05) is 45.9 Å². The highest BCUT2D eigenvalue weighted by atomic mass is 19.1. The Morgan fingerprint density at radius 2 is 1.70 bits per heavy atom. The van der Waals surface area contributed by atoms with Crippen molar-refractivity contribution in [3.8, 4) is 23.1 Å². The van der Waals surface area contributed by atoms with Gasteiger partial charge in [0.1, 0.15) is 5.56 Å². The third-order valence-electron chi connectivity index (χ3n) is 9.12. The summed E-state index contributed by atoms with van der Waals surface area (Å²) in [5.41, 5.74) is 3.61. The average Bonchev–Trinajstić information content (AvgIpc) is 3.16. The third kappa shape index (κ3) is 10.5. The summed E-state index contributed by atoms with van der Waals surface area (Å²) in [7, 11) is 1.49. The van der Waals surface area contributed by atoms with Gasteiger partial charge < -0.3 is 34.6 Å². The van der Waals surface area contributed by atoms with Crippen LogP contribution in [0.2, 0.25) is 0 Å². The van der Waals surface area contributed by atoms with E-state index in [1.165, 1.54) is 44.7 Å². The molecule has 5 rings (SSSR count). The Balaban J connectivity index is 1.36. The second kappa shape index (κ2) is 18.8. The van der Waals surface area contributed by atoms with Gasteiger partial charge in [-0.3, -0.25) is 9.59 Å². The fourth-order valence-corrected chi connectivity index (χ4v) is 6.12. The van der Waals surface area contributed by atoms with Gasteiger partial charge in [0.25, 0.3) is 5.91 Å². The molecule has 0 saturated carbocycles. The Kier molecular flexibility index (Phi) is 13.8. The number of likely N-dealkylation sites (N-methyl/N-ethyl adjacent to an activating group) is 1. The number of carbonyl (C=O) groups is 2. The molecule has 2 N–H and O–H groups in total. The lowest BCUT2D eigenvalue weighted by molar-refractivity contribution is -0.125. The minimum Gasteiger partial charge on any atom is -0.493 e. The molecule has 11 nitrogen and oxygen atoms in total. The average molecular weight is 725 g/mol.